The van der Waals surface area contributed by atoms with Gasteiger partial charge in [0.05, 0.1) is 0 Å². The quantitative estimate of drug-likeness (QED) is 0.819. The molecule has 94 valence electrons. The molecule has 0 amide bonds. The summed E-state index contributed by atoms with van der Waals surface area (Å²) in [5.41, 5.74) is 1.32. The fourth-order valence-corrected chi connectivity index (χ4v) is 2.15. The van der Waals surface area contributed by atoms with Crippen LogP contribution in [0.3, 0.4) is 0 Å². The summed E-state index contributed by atoms with van der Waals surface area (Å²) >= 11 is 0. The molecule has 1 saturated carbocycles. The van der Waals surface area contributed by atoms with Crippen molar-refractivity contribution in [2.45, 2.75) is 45.2 Å². The fourth-order valence-electron chi connectivity index (χ4n) is 2.15. The van der Waals surface area contributed by atoms with E-state index in [9.17, 15) is 0 Å². The van der Waals surface area contributed by atoms with Gasteiger partial charge in [0.2, 0.25) is 0 Å². The number of rotatable bonds is 6. The van der Waals surface area contributed by atoms with E-state index in [1.807, 2.05) is 12.3 Å². The van der Waals surface area contributed by atoms with Crippen LogP contribution < -0.4 is 10.2 Å². The van der Waals surface area contributed by atoms with E-state index >= 15 is 0 Å². The third kappa shape index (κ3) is 2.97. The zero-order valence-electron chi connectivity index (χ0n) is 11.1. The lowest BCUT2D eigenvalue weighted by molar-refractivity contribution is 0.568. The summed E-state index contributed by atoms with van der Waals surface area (Å²) in [6.45, 7) is 5.47. The van der Waals surface area contributed by atoms with Crippen molar-refractivity contribution < 1.29 is 0 Å². The second kappa shape index (κ2) is 5.50. The number of anilines is 1. The Morgan fingerprint density at radius 2 is 2.29 bits per heavy atom. The minimum absolute atomic E-state index is 0.375. The van der Waals surface area contributed by atoms with Gasteiger partial charge in [-0.15, -0.1) is 0 Å². The third-order valence-corrected chi connectivity index (χ3v) is 3.41. The highest BCUT2D eigenvalue weighted by atomic mass is 15.2. The molecule has 2 rings (SSSR count). The van der Waals surface area contributed by atoms with E-state index in [1.54, 1.807) is 0 Å². The number of nitrogens with zero attached hydrogens (tertiary/aromatic N) is 2. The molecule has 1 fully saturated rings. The van der Waals surface area contributed by atoms with Gasteiger partial charge in [0.25, 0.3) is 0 Å². The van der Waals surface area contributed by atoms with Crippen LogP contribution in [0.15, 0.2) is 18.3 Å². The zero-order valence-corrected chi connectivity index (χ0v) is 11.1. The Bertz CT molecular complexity index is 360. The van der Waals surface area contributed by atoms with E-state index in [4.69, 9.17) is 0 Å². The number of nitrogens with one attached hydrogen (secondary N) is 1. The number of hydrogen-bond acceptors (Lipinski definition) is 3. The van der Waals surface area contributed by atoms with Gasteiger partial charge in [-0.1, -0.05) is 13.0 Å². The predicted octanol–water partition coefficient (Wildman–Crippen LogP) is 2.74. The van der Waals surface area contributed by atoms with Gasteiger partial charge in [0.1, 0.15) is 5.82 Å². The van der Waals surface area contributed by atoms with Gasteiger partial charge in [-0.3, -0.25) is 0 Å². The van der Waals surface area contributed by atoms with E-state index in [0.29, 0.717) is 12.1 Å². The number of aromatic nitrogens is 1. The van der Waals surface area contributed by atoms with Crippen LogP contribution in [0.2, 0.25) is 0 Å². The third-order valence-electron chi connectivity index (χ3n) is 3.41. The van der Waals surface area contributed by atoms with Crippen molar-refractivity contribution >= 4 is 5.82 Å². The first-order chi connectivity index (χ1) is 8.24. The Labute approximate surface area is 104 Å². The van der Waals surface area contributed by atoms with Gasteiger partial charge in [-0.05, 0) is 38.8 Å². The van der Waals surface area contributed by atoms with Crippen LogP contribution in [0, 0.1) is 0 Å². The molecule has 0 spiro atoms. The molecule has 1 aromatic heterocycles. The minimum Gasteiger partial charge on any atom is -0.356 e. The molecule has 1 aliphatic rings. The minimum atomic E-state index is 0.375. The maximum Gasteiger partial charge on any atom is 0.133 e. The molecule has 1 unspecified atom stereocenters. The smallest absolute Gasteiger partial charge is 0.133 e. The highest BCUT2D eigenvalue weighted by Gasteiger charge is 2.28. The molecule has 0 bridgehead atoms. The molecular formula is C14H23N3. The normalized spacial score (nSPS) is 16.9. The Hall–Kier alpha value is -1.09. The molecular weight excluding hydrogens is 210 g/mol. The Morgan fingerprint density at radius 1 is 1.53 bits per heavy atom. The van der Waals surface area contributed by atoms with Crippen molar-refractivity contribution in [1.29, 1.82) is 0 Å². The van der Waals surface area contributed by atoms with Crippen LogP contribution in [-0.4, -0.2) is 24.6 Å². The first-order valence-corrected chi connectivity index (χ1v) is 6.65. The SMILES string of the molecule is CCCNC(C)c1cccnc1N(C)C1CC1. The Balaban J connectivity index is 2.14. The zero-order chi connectivity index (χ0) is 12.3. The van der Waals surface area contributed by atoms with E-state index in [-0.39, 0.29) is 0 Å². The first-order valence-electron chi connectivity index (χ1n) is 6.65. The Morgan fingerprint density at radius 3 is 2.94 bits per heavy atom. The molecule has 1 aliphatic carbocycles. The lowest BCUT2D eigenvalue weighted by atomic mass is 10.1. The molecule has 0 aliphatic heterocycles. The van der Waals surface area contributed by atoms with Gasteiger partial charge in [-0.2, -0.15) is 0 Å². The van der Waals surface area contributed by atoms with Crippen molar-refractivity contribution in [3.63, 3.8) is 0 Å². The predicted molar refractivity (Wildman–Crippen MR) is 72.4 cm³/mol. The lowest BCUT2D eigenvalue weighted by Gasteiger charge is -2.24. The fraction of sp³-hybridized carbons (Fsp3) is 0.643. The molecule has 1 N–H and O–H groups in total. The van der Waals surface area contributed by atoms with Gasteiger partial charge in [0.15, 0.2) is 0 Å². The summed E-state index contributed by atoms with van der Waals surface area (Å²) in [7, 11) is 2.16. The van der Waals surface area contributed by atoms with Crippen molar-refractivity contribution in [2.75, 3.05) is 18.5 Å². The number of hydrogen-bond donors (Lipinski definition) is 1. The van der Waals surface area contributed by atoms with Gasteiger partial charge in [-0.25, -0.2) is 4.98 Å². The van der Waals surface area contributed by atoms with Gasteiger partial charge >= 0.3 is 0 Å². The summed E-state index contributed by atoms with van der Waals surface area (Å²) in [6, 6.07) is 5.31. The molecule has 1 heterocycles. The van der Waals surface area contributed by atoms with E-state index in [2.05, 4.69) is 42.2 Å². The molecule has 1 atom stereocenters. The summed E-state index contributed by atoms with van der Waals surface area (Å²) in [6.07, 6.45) is 5.68. The van der Waals surface area contributed by atoms with Crippen LogP contribution in [0.1, 0.15) is 44.7 Å². The largest absolute Gasteiger partial charge is 0.356 e. The van der Waals surface area contributed by atoms with Crippen LogP contribution in [0.25, 0.3) is 0 Å². The second-order valence-electron chi connectivity index (χ2n) is 4.93. The van der Waals surface area contributed by atoms with Gasteiger partial charge in [0, 0.05) is 30.9 Å². The van der Waals surface area contributed by atoms with Crippen LogP contribution in [-0.2, 0) is 0 Å². The molecule has 0 aromatic carbocycles. The summed E-state index contributed by atoms with van der Waals surface area (Å²) < 4.78 is 0. The van der Waals surface area contributed by atoms with Crippen LogP contribution in [0.5, 0.6) is 0 Å². The average Bonchev–Trinajstić information content (AvgIpc) is 3.19. The summed E-state index contributed by atoms with van der Waals surface area (Å²) in [5, 5.41) is 3.54. The van der Waals surface area contributed by atoms with E-state index in [1.165, 1.54) is 24.8 Å². The van der Waals surface area contributed by atoms with Crippen molar-refractivity contribution in [1.82, 2.24) is 10.3 Å². The van der Waals surface area contributed by atoms with E-state index in [0.717, 1.165) is 12.4 Å². The second-order valence-corrected chi connectivity index (χ2v) is 4.93. The van der Waals surface area contributed by atoms with E-state index < -0.39 is 0 Å². The van der Waals surface area contributed by atoms with Crippen molar-refractivity contribution in [3.8, 4) is 0 Å². The molecule has 0 radical (unpaired) electrons. The first kappa shape index (κ1) is 12.4. The standard InChI is InChI=1S/C14H23N3/c1-4-9-15-11(2)13-6-5-10-16-14(13)17(3)12-7-8-12/h5-6,10-12,15H,4,7-9H2,1-3H3. The monoisotopic (exact) mass is 233 g/mol. The maximum absolute atomic E-state index is 4.55. The molecule has 17 heavy (non-hydrogen) atoms. The van der Waals surface area contributed by atoms with Crippen molar-refractivity contribution in [3.05, 3.63) is 23.9 Å². The van der Waals surface area contributed by atoms with Gasteiger partial charge < -0.3 is 10.2 Å². The molecule has 3 heteroatoms. The topological polar surface area (TPSA) is 28.2 Å². The molecule has 3 nitrogen and oxygen atoms in total. The average molecular weight is 233 g/mol. The highest BCUT2D eigenvalue weighted by molar-refractivity contribution is 5.49. The van der Waals surface area contributed by atoms with Crippen molar-refractivity contribution in [2.24, 2.45) is 0 Å². The maximum atomic E-state index is 4.55. The van der Waals surface area contributed by atoms with Crippen LogP contribution in [0.4, 0.5) is 5.82 Å². The summed E-state index contributed by atoms with van der Waals surface area (Å²) in [5.74, 6) is 1.14. The summed E-state index contributed by atoms with van der Waals surface area (Å²) in [4.78, 5) is 6.89. The lowest BCUT2D eigenvalue weighted by Crippen LogP contribution is -2.26. The van der Waals surface area contributed by atoms with Crippen LogP contribution >= 0.6 is 0 Å². The molecule has 1 aromatic rings. The molecule has 0 saturated heterocycles. The highest BCUT2D eigenvalue weighted by Crippen LogP contribution is 2.32. The Kier molecular flexibility index (Phi) is 4.00. The number of pyridine rings is 1.